The second-order valence-electron chi connectivity index (χ2n) is 8.33. The highest BCUT2D eigenvalue weighted by molar-refractivity contribution is 7.91. The van der Waals surface area contributed by atoms with Crippen LogP contribution in [0.2, 0.25) is 0 Å². The maximum Gasteiger partial charge on any atom is 0.266 e. The van der Waals surface area contributed by atoms with Crippen molar-refractivity contribution in [1.29, 1.82) is 0 Å². The minimum absolute atomic E-state index is 0.0933. The van der Waals surface area contributed by atoms with Gasteiger partial charge >= 0.3 is 0 Å². The number of hydrogen-bond donors (Lipinski definition) is 1. The van der Waals surface area contributed by atoms with Crippen LogP contribution in [0, 0.1) is 5.82 Å². The van der Waals surface area contributed by atoms with Crippen LogP contribution in [0.1, 0.15) is 54.8 Å². The molecule has 3 aromatic rings. The Kier molecular flexibility index (Phi) is 6.52. The molecule has 0 spiro atoms. The summed E-state index contributed by atoms with van der Waals surface area (Å²) in [5.74, 6) is 0.614. The maximum atomic E-state index is 14.5. The second-order valence-corrected chi connectivity index (χ2v) is 10.6. The standard InChI is InChI=1S/C24H25F3N2O3S/c1-14(17-4-3-5-18(23(17)25)24(26)27)28-22-7-6-16-12-19(21(32-2)13-20(16)29-22)15-8-10-33(30,31)11-9-15/h3-7,12-15,24H,8-11H2,1-2H3,(H,28,29). The summed E-state index contributed by atoms with van der Waals surface area (Å²) >= 11 is 0. The van der Waals surface area contributed by atoms with Gasteiger partial charge in [-0.3, -0.25) is 0 Å². The number of hydrogen-bond acceptors (Lipinski definition) is 5. The highest BCUT2D eigenvalue weighted by Crippen LogP contribution is 2.37. The molecule has 2 aromatic carbocycles. The highest BCUT2D eigenvalue weighted by Gasteiger charge is 2.27. The van der Waals surface area contributed by atoms with E-state index in [1.165, 1.54) is 12.1 Å². The minimum atomic E-state index is -2.97. The van der Waals surface area contributed by atoms with E-state index in [1.807, 2.05) is 18.2 Å². The van der Waals surface area contributed by atoms with Gasteiger partial charge in [-0.05, 0) is 49.4 Å². The molecule has 1 unspecified atom stereocenters. The van der Waals surface area contributed by atoms with E-state index in [0.29, 0.717) is 29.9 Å². The zero-order chi connectivity index (χ0) is 23.8. The van der Waals surface area contributed by atoms with E-state index in [9.17, 15) is 21.6 Å². The van der Waals surface area contributed by atoms with Crippen LogP contribution in [0.3, 0.4) is 0 Å². The van der Waals surface area contributed by atoms with Crippen molar-refractivity contribution in [3.05, 3.63) is 65.0 Å². The zero-order valence-electron chi connectivity index (χ0n) is 18.3. The van der Waals surface area contributed by atoms with Gasteiger partial charge in [-0.15, -0.1) is 0 Å². The molecule has 1 aromatic heterocycles. The topological polar surface area (TPSA) is 68.3 Å². The predicted molar refractivity (Wildman–Crippen MR) is 122 cm³/mol. The number of anilines is 1. The van der Waals surface area contributed by atoms with E-state index in [0.717, 1.165) is 17.0 Å². The molecule has 5 nitrogen and oxygen atoms in total. The molecule has 2 heterocycles. The number of alkyl halides is 2. The number of halogens is 3. The van der Waals surface area contributed by atoms with Gasteiger partial charge in [0.25, 0.3) is 6.43 Å². The zero-order valence-corrected chi connectivity index (χ0v) is 19.1. The third-order valence-corrected chi connectivity index (χ3v) is 7.88. The molecular formula is C24H25F3N2O3S. The number of sulfone groups is 1. The number of methoxy groups -OCH3 is 1. The average Bonchev–Trinajstić information content (AvgIpc) is 2.78. The monoisotopic (exact) mass is 478 g/mol. The van der Waals surface area contributed by atoms with Gasteiger partial charge in [-0.25, -0.2) is 26.6 Å². The van der Waals surface area contributed by atoms with Crippen molar-refractivity contribution in [1.82, 2.24) is 4.98 Å². The molecule has 4 rings (SSSR count). The molecule has 1 saturated heterocycles. The Morgan fingerprint density at radius 2 is 1.79 bits per heavy atom. The third-order valence-electron chi connectivity index (χ3n) is 6.16. The van der Waals surface area contributed by atoms with Crippen molar-refractivity contribution in [2.75, 3.05) is 23.9 Å². The van der Waals surface area contributed by atoms with Crippen LogP contribution < -0.4 is 10.1 Å². The predicted octanol–water partition coefficient (Wildman–Crippen LogP) is 5.79. The minimum Gasteiger partial charge on any atom is -0.496 e. The van der Waals surface area contributed by atoms with E-state index >= 15 is 0 Å². The normalized spacial score (nSPS) is 17.3. The highest BCUT2D eigenvalue weighted by atomic mass is 32.2. The Balaban J connectivity index is 1.60. The fraction of sp³-hybridized carbons (Fsp3) is 0.375. The lowest BCUT2D eigenvalue weighted by atomic mass is 9.91. The fourth-order valence-electron chi connectivity index (χ4n) is 4.32. The first-order valence-electron chi connectivity index (χ1n) is 10.7. The first-order valence-corrected chi connectivity index (χ1v) is 12.5. The molecule has 0 radical (unpaired) electrons. The molecule has 0 saturated carbocycles. The lowest BCUT2D eigenvalue weighted by Gasteiger charge is -2.24. The van der Waals surface area contributed by atoms with Crippen molar-refractivity contribution in [3.63, 3.8) is 0 Å². The van der Waals surface area contributed by atoms with Crippen molar-refractivity contribution < 1.29 is 26.3 Å². The van der Waals surface area contributed by atoms with E-state index in [-0.39, 0.29) is 23.0 Å². The SMILES string of the molecule is COc1cc2nc(NC(C)c3cccc(C(F)F)c3F)ccc2cc1C1CCS(=O)(=O)CC1. The molecule has 1 atom stereocenters. The van der Waals surface area contributed by atoms with Crippen molar-refractivity contribution in [2.45, 2.75) is 38.2 Å². The van der Waals surface area contributed by atoms with Crippen LogP contribution in [0.4, 0.5) is 19.0 Å². The fourth-order valence-corrected chi connectivity index (χ4v) is 5.81. The molecular weight excluding hydrogens is 453 g/mol. The number of benzene rings is 2. The summed E-state index contributed by atoms with van der Waals surface area (Å²) in [6.45, 7) is 1.68. The molecule has 176 valence electrons. The van der Waals surface area contributed by atoms with Crippen LogP contribution in [-0.2, 0) is 9.84 Å². The summed E-state index contributed by atoms with van der Waals surface area (Å²) in [6.07, 6.45) is -1.78. The molecule has 0 bridgehead atoms. The summed E-state index contributed by atoms with van der Waals surface area (Å²) in [4.78, 5) is 4.59. The van der Waals surface area contributed by atoms with Gasteiger partial charge in [0.05, 0.1) is 35.7 Å². The van der Waals surface area contributed by atoms with Crippen LogP contribution in [0.15, 0.2) is 42.5 Å². The molecule has 0 amide bonds. The van der Waals surface area contributed by atoms with Crippen LogP contribution in [0.25, 0.3) is 10.9 Å². The van der Waals surface area contributed by atoms with Gasteiger partial charge in [0.15, 0.2) is 0 Å². The first kappa shape index (κ1) is 23.4. The number of ether oxygens (including phenoxy) is 1. The van der Waals surface area contributed by atoms with E-state index in [1.54, 1.807) is 20.1 Å². The number of rotatable bonds is 6. The van der Waals surface area contributed by atoms with Crippen molar-refractivity contribution in [2.24, 2.45) is 0 Å². The number of fused-ring (bicyclic) bond motifs is 1. The summed E-state index contributed by atoms with van der Waals surface area (Å²) in [5, 5.41) is 3.94. The third kappa shape index (κ3) is 4.93. The van der Waals surface area contributed by atoms with Crippen LogP contribution in [-0.4, -0.2) is 32.0 Å². The van der Waals surface area contributed by atoms with Gasteiger partial charge in [0.1, 0.15) is 27.2 Å². The maximum absolute atomic E-state index is 14.5. The summed E-state index contributed by atoms with van der Waals surface area (Å²) in [7, 11) is -1.40. The lowest BCUT2D eigenvalue weighted by Crippen LogP contribution is -2.22. The van der Waals surface area contributed by atoms with Gasteiger partial charge in [-0.1, -0.05) is 18.2 Å². The Bertz CT molecular complexity index is 1270. The first-order chi connectivity index (χ1) is 15.7. The summed E-state index contributed by atoms with van der Waals surface area (Å²) in [6, 6.07) is 10.8. The number of nitrogens with zero attached hydrogens (tertiary/aromatic N) is 1. The second kappa shape index (κ2) is 9.21. The molecule has 1 N–H and O–H groups in total. The Morgan fingerprint density at radius 1 is 1.09 bits per heavy atom. The Labute approximate surface area is 190 Å². The molecule has 1 aliphatic heterocycles. The smallest absolute Gasteiger partial charge is 0.266 e. The molecule has 1 fully saturated rings. The van der Waals surface area contributed by atoms with E-state index in [4.69, 9.17) is 4.74 Å². The number of pyridine rings is 1. The van der Waals surface area contributed by atoms with Crippen molar-refractivity contribution in [3.8, 4) is 5.75 Å². The van der Waals surface area contributed by atoms with Gasteiger partial charge in [0.2, 0.25) is 0 Å². The van der Waals surface area contributed by atoms with Crippen LogP contribution >= 0.6 is 0 Å². The Morgan fingerprint density at radius 3 is 2.45 bits per heavy atom. The summed E-state index contributed by atoms with van der Waals surface area (Å²) in [5.41, 5.74) is 1.12. The van der Waals surface area contributed by atoms with E-state index in [2.05, 4.69) is 10.3 Å². The lowest BCUT2D eigenvalue weighted by molar-refractivity contribution is 0.146. The molecule has 1 aliphatic rings. The van der Waals surface area contributed by atoms with Gasteiger partial charge < -0.3 is 10.1 Å². The molecule has 0 aliphatic carbocycles. The van der Waals surface area contributed by atoms with Crippen molar-refractivity contribution >= 4 is 26.6 Å². The molecule has 9 heteroatoms. The number of aromatic nitrogens is 1. The Hall–Kier alpha value is -2.81. The summed E-state index contributed by atoms with van der Waals surface area (Å²) < 4.78 is 69.7. The largest absolute Gasteiger partial charge is 0.496 e. The number of nitrogens with one attached hydrogen (secondary N) is 1. The molecule has 33 heavy (non-hydrogen) atoms. The van der Waals surface area contributed by atoms with Gasteiger partial charge in [-0.2, -0.15) is 0 Å². The van der Waals surface area contributed by atoms with E-state index < -0.39 is 33.7 Å². The average molecular weight is 479 g/mol. The van der Waals surface area contributed by atoms with Crippen LogP contribution in [0.5, 0.6) is 5.75 Å². The quantitative estimate of drug-likeness (QED) is 0.486. The van der Waals surface area contributed by atoms with Gasteiger partial charge in [0, 0.05) is 17.0 Å².